The highest BCUT2D eigenvalue weighted by Crippen LogP contribution is 2.29. The van der Waals surface area contributed by atoms with Crippen LogP contribution in [0.1, 0.15) is 18.5 Å². The van der Waals surface area contributed by atoms with E-state index in [1.165, 1.54) is 7.11 Å². The molecule has 2 aromatic rings. The molecule has 0 unspecified atom stereocenters. The van der Waals surface area contributed by atoms with Crippen LogP contribution in [0.15, 0.2) is 53.4 Å². The highest BCUT2D eigenvalue weighted by atomic mass is 32.2. The van der Waals surface area contributed by atoms with Crippen LogP contribution in [0.2, 0.25) is 0 Å². The third kappa shape index (κ3) is 3.85. The summed E-state index contributed by atoms with van der Waals surface area (Å²) in [5.41, 5.74) is 0.564. The third-order valence-corrected chi connectivity index (χ3v) is 4.86. The average Bonchev–Trinajstić information content (AvgIpc) is 2.54. The number of methoxy groups -OCH3 is 1. The highest BCUT2D eigenvalue weighted by molar-refractivity contribution is 7.89. The fourth-order valence-corrected chi connectivity index (χ4v) is 3.48. The number of ether oxygens (including phenoxy) is 1. The van der Waals surface area contributed by atoms with Gasteiger partial charge >= 0.3 is 0 Å². The molecule has 0 amide bonds. The zero-order valence-electron chi connectivity index (χ0n) is 12.6. The van der Waals surface area contributed by atoms with Crippen LogP contribution in [-0.2, 0) is 10.0 Å². The van der Waals surface area contributed by atoms with E-state index in [0.29, 0.717) is 0 Å². The molecule has 7 nitrogen and oxygen atoms in total. The van der Waals surface area contributed by atoms with Crippen LogP contribution in [0.5, 0.6) is 5.75 Å². The first kappa shape index (κ1) is 16.9. The van der Waals surface area contributed by atoms with Crippen molar-refractivity contribution >= 4 is 15.7 Å². The Morgan fingerprint density at radius 3 is 2.39 bits per heavy atom. The Labute approximate surface area is 134 Å². The number of hydrogen-bond acceptors (Lipinski definition) is 5. The molecule has 122 valence electrons. The molecule has 0 bridgehead atoms. The molecule has 0 radical (unpaired) electrons. The summed E-state index contributed by atoms with van der Waals surface area (Å²) >= 11 is 0. The van der Waals surface area contributed by atoms with Crippen LogP contribution >= 0.6 is 0 Å². The molecular weight excluding hydrogens is 320 g/mol. The van der Waals surface area contributed by atoms with E-state index in [9.17, 15) is 18.5 Å². The van der Waals surface area contributed by atoms with E-state index >= 15 is 0 Å². The summed E-state index contributed by atoms with van der Waals surface area (Å²) in [4.78, 5) is 10.0. The van der Waals surface area contributed by atoms with Crippen LogP contribution in [0, 0.1) is 10.1 Å². The topological polar surface area (TPSA) is 98.5 Å². The molecule has 2 rings (SSSR count). The lowest BCUT2D eigenvalue weighted by Gasteiger charge is -2.16. The minimum Gasteiger partial charge on any atom is -0.495 e. The lowest BCUT2D eigenvalue weighted by molar-refractivity contribution is -0.385. The van der Waals surface area contributed by atoms with Gasteiger partial charge in [-0.1, -0.05) is 30.3 Å². The summed E-state index contributed by atoms with van der Waals surface area (Å²) < 4.78 is 32.6. The summed E-state index contributed by atoms with van der Waals surface area (Å²) in [6.45, 7) is 1.71. The van der Waals surface area contributed by atoms with Gasteiger partial charge < -0.3 is 4.74 Å². The summed E-state index contributed by atoms with van der Waals surface area (Å²) in [7, 11) is -2.63. The van der Waals surface area contributed by atoms with Crippen molar-refractivity contribution in [3.63, 3.8) is 0 Å². The minimum atomic E-state index is -3.89. The molecule has 0 aliphatic carbocycles. The van der Waals surface area contributed by atoms with Gasteiger partial charge in [-0.2, -0.15) is 0 Å². The van der Waals surface area contributed by atoms with Gasteiger partial charge in [0.2, 0.25) is 10.0 Å². The molecule has 0 spiro atoms. The molecule has 0 aromatic heterocycles. The molecule has 1 N–H and O–H groups in total. The van der Waals surface area contributed by atoms with Crippen LogP contribution in [0.3, 0.4) is 0 Å². The second-order valence-corrected chi connectivity index (χ2v) is 6.53. The molecule has 23 heavy (non-hydrogen) atoms. The lowest BCUT2D eigenvalue weighted by atomic mass is 10.1. The molecule has 2 aromatic carbocycles. The molecular formula is C15H16N2O5S. The van der Waals surface area contributed by atoms with Crippen molar-refractivity contribution in [3.05, 3.63) is 64.2 Å². The van der Waals surface area contributed by atoms with E-state index in [-0.39, 0.29) is 16.3 Å². The average molecular weight is 336 g/mol. The molecule has 8 heteroatoms. The zero-order chi connectivity index (χ0) is 17.0. The SMILES string of the molecule is COc1cc([N+](=O)[O-])ccc1S(=O)(=O)N[C@@H](C)c1ccccc1. The Morgan fingerprint density at radius 1 is 1.17 bits per heavy atom. The lowest BCUT2D eigenvalue weighted by Crippen LogP contribution is -2.27. The number of non-ortho nitro benzene ring substituents is 1. The molecule has 0 fully saturated rings. The van der Waals surface area contributed by atoms with E-state index in [4.69, 9.17) is 4.74 Å². The maximum Gasteiger partial charge on any atom is 0.273 e. The van der Waals surface area contributed by atoms with E-state index < -0.39 is 21.0 Å². The standard InChI is InChI=1S/C15H16N2O5S/c1-11(12-6-4-3-5-7-12)16-23(20,21)15-9-8-13(17(18)19)10-14(15)22-2/h3-11,16H,1-2H3/t11-/m0/s1. The first-order chi connectivity index (χ1) is 10.8. The number of nitrogens with one attached hydrogen (secondary N) is 1. The molecule has 1 atom stereocenters. The van der Waals surface area contributed by atoms with Crippen molar-refractivity contribution in [2.75, 3.05) is 7.11 Å². The second kappa shape index (κ2) is 6.76. The van der Waals surface area contributed by atoms with Crippen LogP contribution in [-0.4, -0.2) is 20.5 Å². The normalized spacial score (nSPS) is 12.6. The first-order valence-corrected chi connectivity index (χ1v) is 8.23. The first-order valence-electron chi connectivity index (χ1n) is 6.75. The van der Waals surface area contributed by atoms with Crippen LogP contribution in [0.4, 0.5) is 5.69 Å². The fraction of sp³-hybridized carbons (Fsp3) is 0.200. The van der Waals surface area contributed by atoms with Crippen molar-refractivity contribution in [1.29, 1.82) is 0 Å². The Morgan fingerprint density at radius 2 is 1.83 bits per heavy atom. The summed E-state index contributed by atoms with van der Waals surface area (Å²) in [5.74, 6) is -0.0769. The van der Waals surface area contributed by atoms with Gasteiger partial charge in [-0.25, -0.2) is 13.1 Å². The zero-order valence-corrected chi connectivity index (χ0v) is 13.4. The van der Waals surface area contributed by atoms with Crippen molar-refractivity contribution in [2.24, 2.45) is 0 Å². The predicted octanol–water partition coefficient (Wildman–Crippen LogP) is 2.64. The second-order valence-electron chi connectivity index (χ2n) is 4.85. The summed E-state index contributed by atoms with van der Waals surface area (Å²) in [5, 5.41) is 10.8. The molecule has 0 aliphatic heterocycles. The summed E-state index contributed by atoms with van der Waals surface area (Å²) in [6.07, 6.45) is 0. The highest BCUT2D eigenvalue weighted by Gasteiger charge is 2.24. The largest absolute Gasteiger partial charge is 0.495 e. The molecule has 0 heterocycles. The van der Waals surface area contributed by atoms with Gasteiger partial charge in [0, 0.05) is 12.1 Å². The summed E-state index contributed by atoms with van der Waals surface area (Å²) in [6, 6.07) is 12.0. The van der Waals surface area contributed by atoms with Crippen molar-refractivity contribution in [2.45, 2.75) is 17.9 Å². The van der Waals surface area contributed by atoms with E-state index in [1.807, 2.05) is 18.2 Å². The van der Waals surface area contributed by atoms with E-state index in [2.05, 4.69) is 4.72 Å². The third-order valence-electron chi connectivity index (χ3n) is 3.28. The molecule has 0 saturated carbocycles. The Kier molecular flexibility index (Phi) is 4.97. The number of nitro groups is 1. The van der Waals surface area contributed by atoms with Gasteiger partial charge in [-0.3, -0.25) is 10.1 Å². The van der Waals surface area contributed by atoms with Gasteiger partial charge in [-0.05, 0) is 18.6 Å². The number of nitro benzene ring substituents is 1. The van der Waals surface area contributed by atoms with Gasteiger partial charge in [0.1, 0.15) is 10.6 Å². The van der Waals surface area contributed by atoms with Crippen LogP contribution in [0.25, 0.3) is 0 Å². The van der Waals surface area contributed by atoms with Crippen molar-refractivity contribution in [3.8, 4) is 5.75 Å². The van der Waals surface area contributed by atoms with E-state index in [0.717, 1.165) is 23.8 Å². The predicted molar refractivity (Wildman–Crippen MR) is 84.8 cm³/mol. The molecule has 0 aliphatic rings. The van der Waals surface area contributed by atoms with Gasteiger partial charge in [-0.15, -0.1) is 0 Å². The number of rotatable bonds is 6. The van der Waals surface area contributed by atoms with Gasteiger partial charge in [0.05, 0.1) is 18.1 Å². The molecule has 0 saturated heterocycles. The number of nitrogens with zero attached hydrogens (tertiary/aromatic N) is 1. The van der Waals surface area contributed by atoms with Crippen molar-refractivity contribution < 1.29 is 18.1 Å². The van der Waals surface area contributed by atoms with E-state index in [1.54, 1.807) is 19.1 Å². The van der Waals surface area contributed by atoms with Gasteiger partial charge in [0.25, 0.3) is 5.69 Å². The fourth-order valence-electron chi connectivity index (χ4n) is 2.10. The quantitative estimate of drug-likeness (QED) is 0.646. The number of hydrogen-bond donors (Lipinski definition) is 1. The monoisotopic (exact) mass is 336 g/mol. The number of benzene rings is 2. The minimum absolute atomic E-state index is 0.0769. The van der Waals surface area contributed by atoms with Crippen LogP contribution < -0.4 is 9.46 Å². The maximum absolute atomic E-state index is 12.5. The van der Waals surface area contributed by atoms with Crippen molar-refractivity contribution in [1.82, 2.24) is 4.72 Å². The number of sulfonamides is 1. The Balaban J connectivity index is 2.34. The van der Waals surface area contributed by atoms with Gasteiger partial charge in [0.15, 0.2) is 0 Å². The smallest absolute Gasteiger partial charge is 0.273 e. The Hall–Kier alpha value is -2.45. The Bertz CT molecular complexity index is 806. The maximum atomic E-state index is 12.5.